The predicted octanol–water partition coefficient (Wildman–Crippen LogP) is 0.897. The zero-order chi connectivity index (χ0) is 11.9. The van der Waals surface area contributed by atoms with Gasteiger partial charge in [0.25, 0.3) is 5.56 Å². The highest BCUT2D eigenvalue weighted by molar-refractivity contribution is 6.29. The molecule has 0 fully saturated rings. The van der Waals surface area contributed by atoms with E-state index >= 15 is 0 Å². The van der Waals surface area contributed by atoms with Gasteiger partial charge in [0.1, 0.15) is 0 Å². The number of hydrogen-bond acceptors (Lipinski definition) is 3. The van der Waals surface area contributed by atoms with Crippen molar-refractivity contribution in [1.29, 1.82) is 0 Å². The molecule has 0 radical (unpaired) electrons. The highest BCUT2D eigenvalue weighted by Gasteiger charge is 2.11. The zero-order valence-corrected chi connectivity index (χ0v) is 9.01. The highest BCUT2D eigenvalue weighted by atomic mass is 35.5. The number of aryl methyl sites for hydroxylation is 1. The molecule has 0 aliphatic carbocycles. The van der Waals surface area contributed by atoms with Gasteiger partial charge in [0.2, 0.25) is 0 Å². The average molecular weight is 244 g/mol. The van der Waals surface area contributed by atoms with Gasteiger partial charge in [-0.15, -0.1) is 0 Å². The number of H-pyrrole nitrogens is 1. The fraction of sp³-hybridized carbons (Fsp3) is 0.222. The number of fused-ring (bicyclic) bond motifs is 1. The SMILES string of the molecule is CCn1c(=O)[nH]c(=O)c2cc(F)c(Cl)nc21. The van der Waals surface area contributed by atoms with Gasteiger partial charge in [-0.3, -0.25) is 14.3 Å². The molecule has 7 heteroatoms. The number of nitrogens with one attached hydrogen (secondary N) is 1. The van der Waals surface area contributed by atoms with E-state index in [1.54, 1.807) is 6.92 Å². The van der Waals surface area contributed by atoms with E-state index in [2.05, 4.69) is 9.97 Å². The van der Waals surface area contributed by atoms with Crippen LogP contribution in [0.3, 0.4) is 0 Å². The van der Waals surface area contributed by atoms with Gasteiger partial charge in [0.05, 0.1) is 5.39 Å². The summed E-state index contributed by atoms with van der Waals surface area (Å²) in [7, 11) is 0. The Morgan fingerprint density at radius 2 is 2.25 bits per heavy atom. The van der Waals surface area contributed by atoms with E-state index < -0.39 is 17.1 Å². The van der Waals surface area contributed by atoms with Gasteiger partial charge in [0.15, 0.2) is 16.6 Å². The Hall–Kier alpha value is -1.69. The van der Waals surface area contributed by atoms with Crippen LogP contribution in [0.15, 0.2) is 15.7 Å². The molecule has 0 atom stereocenters. The molecule has 0 aromatic carbocycles. The van der Waals surface area contributed by atoms with Crippen LogP contribution in [-0.2, 0) is 6.54 Å². The van der Waals surface area contributed by atoms with Gasteiger partial charge in [-0.25, -0.2) is 14.2 Å². The van der Waals surface area contributed by atoms with Gasteiger partial charge in [-0.1, -0.05) is 11.6 Å². The second-order valence-electron chi connectivity index (χ2n) is 3.14. The lowest BCUT2D eigenvalue weighted by Gasteiger charge is -2.05. The molecule has 0 spiro atoms. The Morgan fingerprint density at radius 1 is 1.56 bits per heavy atom. The van der Waals surface area contributed by atoms with Crippen molar-refractivity contribution in [1.82, 2.24) is 14.5 Å². The van der Waals surface area contributed by atoms with E-state index in [9.17, 15) is 14.0 Å². The summed E-state index contributed by atoms with van der Waals surface area (Å²) in [5, 5.41) is -0.358. The number of rotatable bonds is 1. The minimum absolute atomic E-state index is 0.00310. The Kier molecular flexibility index (Phi) is 2.51. The van der Waals surface area contributed by atoms with Crippen molar-refractivity contribution >= 4 is 22.6 Å². The summed E-state index contributed by atoms with van der Waals surface area (Å²) in [6.07, 6.45) is 0. The Balaban J connectivity index is 3.06. The van der Waals surface area contributed by atoms with E-state index in [4.69, 9.17) is 11.6 Å². The quantitative estimate of drug-likeness (QED) is 0.757. The first-order chi connectivity index (χ1) is 7.54. The van der Waals surface area contributed by atoms with Gasteiger partial charge >= 0.3 is 5.69 Å². The number of nitrogens with zero attached hydrogens (tertiary/aromatic N) is 2. The summed E-state index contributed by atoms with van der Waals surface area (Å²) in [6, 6.07) is 0.967. The first-order valence-corrected chi connectivity index (χ1v) is 4.91. The van der Waals surface area contributed by atoms with E-state index in [0.29, 0.717) is 6.54 Å². The van der Waals surface area contributed by atoms with Crippen molar-refractivity contribution in [2.75, 3.05) is 0 Å². The molecule has 84 valence electrons. The largest absolute Gasteiger partial charge is 0.329 e. The van der Waals surface area contributed by atoms with Crippen LogP contribution in [0, 0.1) is 5.82 Å². The van der Waals surface area contributed by atoms with Gasteiger partial charge in [-0.05, 0) is 13.0 Å². The fourth-order valence-corrected chi connectivity index (χ4v) is 1.59. The lowest BCUT2D eigenvalue weighted by atomic mass is 10.3. The molecule has 0 bridgehead atoms. The van der Waals surface area contributed by atoms with Crippen molar-refractivity contribution in [2.24, 2.45) is 0 Å². The number of pyridine rings is 1. The number of halogens is 2. The summed E-state index contributed by atoms with van der Waals surface area (Å²) in [5.74, 6) is -0.791. The molecule has 0 saturated heterocycles. The van der Waals surface area contributed by atoms with E-state index in [-0.39, 0.29) is 16.2 Å². The fourth-order valence-electron chi connectivity index (χ4n) is 1.45. The number of aromatic nitrogens is 3. The Labute approximate surface area is 93.5 Å². The summed E-state index contributed by atoms with van der Waals surface area (Å²) >= 11 is 5.51. The van der Waals surface area contributed by atoms with Crippen molar-refractivity contribution in [3.8, 4) is 0 Å². The molecule has 16 heavy (non-hydrogen) atoms. The first-order valence-electron chi connectivity index (χ1n) is 4.53. The van der Waals surface area contributed by atoms with Crippen LogP contribution >= 0.6 is 11.6 Å². The maximum atomic E-state index is 13.1. The van der Waals surface area contributed by atoms with Gasteiger partial charge in [-0.2, -0.15) is 0 Å². The molecular weight excluding hydrogens is 237 g/mol. The predicted molar refractivity (Wildman–Crippen MR) is 57.3 cm³/mol. The van der Waals surface area contributed by atoms with Crippen LogP contribution in [0.25, 0.3) is 11.0 Å². The minimum Gasteiger partial charge on any atom is -0.278 e. The molecule has 0 aliphatic rings. The molecule has 2 aromatic heterocycles. The second-order valence-corrected chi connectivity index (χ2v) is 3.49. The smallest absolute Gasteiger partial charge is 0.278 e. The van der Waals surface area contributed by atoms with E-state index in [0.717, 1.165) is 6.07 Å². The first kappa shape index (κ1) is 10.8. The average Bonchev–Trinajstić information content (AvgIpc) is 2.22. The van der Waals surface area contributed by atoms with Crippen LogP contribution < -0.4 is 11.2 Å². The molecule has 0 aliphatic heterocycles. The normalized spacial score (nSPS) is 10.9. The summed E-state index contributed by atoms with van der Waals surface area (Å²) < 4.78 is 14.3. The van der Waals surface area contributed by atoms with Gasteiger partial charge in [0, 0.05) is 6.54 Å². The number of hydrogen-bond donors (Lipinski definition) is 1. The van der Waals surface area contributed by atoms with Crippen molar-refractivity contribution in [3.63, 3.8) is 0 Å². The summed E-state index contributed by atoms with van der Waals surface area (Å²) in [4.78, 5) is 28.6. The van der Waals surface area contributed by atoms with E-state index in [1.807, 2.05) is 0 Å². The molecule has 0 unspecified atom stereocenters. The summed E-state index contributed by atoms with van der Waals surface area (Å²) in [5.41, 5.74) is -1.18. The zero-order valence-electron chi connectivity index (χ0n) is 8.25. The monoisotopic (exact) mass is 243 g/mol. The topological polar surface area (TPSA) is 67.8 Å². The maximum Gasteiger partial charge on any atom is 0.329 e. The van der Waals surface area contributed by atoms with Crippen LogP contribution in [0.4, 0.5) is 4.39 Å². The molecule has 0 amide bonds. The standard InChI is InChI=1S/C9H7ClFN3O2/c1-2-14-7-4(8(15)13-9(14)16)3-5(11)6(10)12-7/h3H,2H2,1H3,(H,13,15,16). The van der Waals surface area contributed by atoms with Crippen molar-refractivity contribution < 1.29 is 4.39 Å². The molecule has 2 aromatic rings. The minimum atomic E-state index is -0.791. The lowest BCUT2D eigenvalue weighted by molar-refractivity contribution is 0.621. The molecular formula is C9H7ClFN3O2. The van der Waals surface area contributed by atoms with Crippen LogP contribution in [0.2, 0.25) is 5.15 Å². The third kappa shape index (κ3) is 1.51. The Morgan fingerprint density at radius 3 is 2.88 bits per heavy atom. The maximum absolute atomic E-state index is 13.1. The second kappa shape index (κ2) is 3.71. The molecule has 2 heterocycles. The van der Waals surface area contributed by atoms with Crippen LogP contribution in [0.1, 0.15) is 6.92 Å². The molecule has 0 saturated carbocycles. The number of aromatic amines is 1. The molecule has 5 nitrogen and oxygen atoms in total. The Bertz CT molecular complexity index is 677. The third-order valence-electron chi connectivity index (χ3n) is 2.20. The molecule has 1 N–H and O–H groups in total. The highest BCUT2D eigenvalue weighted by Crippen LogP contribution is 2.15. The third-order valence-corrected chi connectivity index (χ3v) is 2.46. The summed E-state index contributed by atoms with van der Waals surface area (Å²) in [6.45, 7) is 2.01. The van der Waals surface area contributed by atoms with Crippen molar-refractivity contribution in [3.05, 3.63) is 37.9 Å². The van der Waals surface area contributed by atoms with E-state index in [1.165, 1.54) is 4.57 Å². The molecule has 2 rings (SSSR count). The van der Waals surface area contributed by atoms with Crippen LogP contribution in [0.5, 0.6) is 0 Å². The lowest BCUT2D eigenvalue weighted by Crippen LogP contribution is -2.30. The van der Waals surface area contributed by atoms with Crippen LogP contribution in [-0.4, -0.2) is 14.5 Å². The van der Waals surface area contributed by atoms with Crippen molar-refractivity contribution in [2.45, 2.75) is 13.5 Å². The van der Waals surface area contributed by atoms with Gasteiger partial charge < -0.3 is 0 Å².